The number of benzene rings is 1. The molecule has 0 atom stereocenters. The average molecular weight is 295 g/mol. The second-order valence-corrected chi connectivity index (χ2v) is 3.90. The molecule has 17 heavy (non-hydrogen) atoms. The molecule has 0 heterocycles. The maximum absolute atomic E-state index is 10.5. The summed E-state index contributed by atoms with van der Waals surface area (Å²) in [5.74, 6) is 5.10. The fourth-order valence-electron chi connectivity index (χ4n) is 1.15. The summed E-state index contributed by atoms with van der Waals surface area (Å²) in [5, 5.41) is 8.59. The molecule has 0 aliphatic rings. The maximum Gasteiger partial charge on any atom is 0.328 e. The van der Waals surface area contributed by atoms with Gasteiger partial charge < -0.3 is 9.84 Å². The first-order valence-electron chi connectivity index (χ1n) is 4.87. The Balaban J connectivity index is 2.98. The number of para-hydroxylation sites is 1. The van der Waals surface area contributed by atoms with Crippen LogP contribution in [-0.4, -0.2) is 17.7 Å². The highest BCUT2D eigenvalue weighted by Gasteiger charge is 2.05. The lowest BCUT2D eigenvalue weighted by Crippen LogP contribution is -1.97. The average Bonchev–Trinajstić information content (AvgIpc) is 2.29. The smallest absolute Gasteiger partial charge is 0.328 e. The molecule has 0 aromatic heterocycles. The van der Waals surface area contributed by atoms with E-state index in [1.54, 1.807) is 13.0 Å². The molecule has 0 saturated carbocycles. The van der Waals surface area contributed by atoms with E-state index in [0.29, 0.717) is 11.3 Å². The summed E-state index contributed by atoms with van der Waals surface area (Å²) in [7, 11) is 0. The van der Waals surface area contributed by atoms with Crippen LogP contribution in [0.1, 0.15) is 12.5 Å². The molecule has 0 radical (unpaired) electrons. The fourth-order valence-corrected chi connectivity index (χ4v) is 1.65. The molecule has 1 aromatic carbocycles. The Hall–Kier alpha value is -1.73. The quantitative estimate of drug-likeness (QED) is 0.686. The van der Waals surface area contributed by atoms with E-state index in [1.165, 1.54) is 6.08 Å². The van der Waals surface area contributed by atoms with Gasteiger partial charge in [-0.05, 0) is 35.0 Å². The van der Waals surface area contributed by atoms with E-state index in [9.17, 15) is 4.79 Å². The predicted molar refractivity (Wildman–Crippen MR) is 69.8 cm³/mol. The van der Waals surface area contributed by atoms with Crippen molar-refractivity contribution in [1.82, 2.24) is 0 Å². The monoisotopic (exact) mass is 294 g/mol. The summed E-state index contributed by atoms with van der Waals surface area (Å²) in [6.07, 6.45) is 2.56. The summed E-state index contributed by atoms with van der Waals surface area (Å²) < 4.78 is 6.24. The van der Waals surface area contributed by atoms with E-state index >= 15 is 0 Å². The van der Waals surface area contributed by atoms with Crippen molar-refractivity contribution in [3.8, 4) is 17.6 Å². The Kier molecular flexibility index (Phi) is 5.31. The van der Waals surface area contributed by atoms with Gasteiger partial charge >= 0.3 is 5.97 Å². The zero-order chi connectivity index (χ0) is 12.7. The van der Waals surface area contributed by atoms with Crippen LogP contribution in [0.2, 0.25) is 0 Å². The molecule has 0 aliphatic heterocycles. The summed E-state index contributed by atoms with van der Waals surface area (Å²) in [4.78, 5) is 10.5. The van der Waals surface area contributed by atoms with Crippen molar-refractivity contribution in [1.29, 1.82) is 0 Å². The Morgan fingerprint density at radius 1 is 1.59 bits per heavy atom. The third-order valence-corrected chi connectivity index (χ3v) is 2.49. The molecule has 88 valence electrons. The van der Waals surface area contributed by atoms with Gasteiger partial charge in [-0.2, -0.15) is 0 Å². The standard InChI is InChI=1S/C13H11BrO3/c1-2-3-9-17-13-10(7-8-12(15)16)5-4-6-11(13)14/h4-8H,9H2,1H3,(H,15,16). The molecule has 0 fully saturated rings. The van der Waals surface area contributed by atoms with Crippen LogP contribution >= 0.6 is 15.9 Å². The number of ether oxygens (including phenoxy) is 1. The lowest BCUT2D eigenvalue weighted by Gasteiger charge is -2.08. The molecule has 0 amide bonds. The van der Waals surface area contributed by atoms with E-state index < -0.39 is 5.97 Å². The zero-order valence-corrected chi connectivity index (χ0v) is 10.8. The molecular weight excluding hydrogens is 284 g/mol. The molecule has 3 nitrogen and oxygen atoms in total. The maximum atomic E-state index is 10.5. The van der Waals surface area contributed by atoms with Gasteiger partial charge in [-0.3, -0.25) is 0 Å². The van der Waals surface area contributed by atoms with Crippen LogP contribution in [0.5, 0.6) is 5.75 Å². The number of halogens is 1. The third-order valence-electron chi connectivity index (χ3n) is 1.87. The highest BCUT2D eigenvalue weighted by molar-refractivity contribution is 9.10. The van der Waals surface area contributed by atoms with E-state index in [4.69, 9.17) is 9.84 Å². The lowest BCUT2D eigenvalue weighted by atomic mass is 10.2. The van der Waals surface area contributed by atoms with E-state index in [0.717, 1.165) is 10.5 Å². The molecule has 0 saturated heterocycles. The molecule has 0 spiro atoms. The second-order valence-electron chi connectivity index (χ2n) is 3.05. The van der Waals surface area contributed by atoms with Gasteiger partial charge in [0.05, 0.1) is 4.47 Å². The van der Waals surface area contributed by atoms with Gasteiger partial charge in [-0.1, -0.05) is 18.1 Å². The number of hydrogen-bond acceptors (Lipinski definition) is 2. The van der Waals surface area contributed by atoms with Crippen LogP contribution < -0.4 is 4.74 Å². The highest BCUT2D eigenvalue weighted by Crippen LogP contribution is 2.29. The number of carboxylic acids is 1. The first-order valence-corrected chi connectivity index (χ1v) is 5.66. The highest BCUT2D eigenvalue weighted by atomic mass is 79.9. The number of hydrogen-bond donors (Lipinski definition) is 1. The summed E-state index contributed by atoms with van der Waals surface area (Å²) in [6.45, 7) is 2.00. The minimum Gasteiger partial charge on any atom is -0.479 e. The normalized spacial score (nSPS) is 9.76. The Morgan fingerprint density at radius 2 is 2.35 bits per heavy atom. The van der Waals surface area contributed by atoms with Crippen LogP contribution in [0.3, 0.4) is 0 Å². The minimum absolute atomic E-state index is 0.271. The van der Waals surface area contributed by atoms with Crippen molar-refractivity contribution >= 4 is 28.0 Å². The molecular formula is C13H11BrO3. The fraction of sp³-hybridized carbons (Fsp3) is 0.154. The zero-order valence-electron chi connectivity index (χ0n) is 9.24. The van der Waals surface area contributed by atoms with Crippen molar-refractivity contribution in [2.45, 2.75) is 6.92 Å². The molecule has 1 rings (SSSR count). The van der Waals surface area contributed by atoms with Crippen LogP contribution in [0.4, 0.5) is 0 Å². The van der Waals surface area contributed by atoms with Gasteiger partial charge in [0.15, 0.2) is 0 Å². The predicted octanol–water partition coefficient (Wildman–Crippen LogP) is 2.95. The van der Waals surface area contributed by atoms with Gasteiger partial charge in [0.2, 0.25) is 0 Å². The van der Waals surface area contributed by atoms with E-state index in [-0.39, 0.29) is 6.61 Å². The number of rotatable bonds is 4. The van der Waals surface area contributed by atoms with Crippen molar-refractivity contribution < 1.29 is 14.6 Å². The lowest BCUT2D eigenvalue weighted by molar-refractivity contribution is -0.131. The Labute approximate surface area is 108 Å². The molecule has 0 bridgehead atoms. The molecule has 4 heteroatoms. The van der Waals surface area contributed by atoms with Gasteiger partial charge in [0.25, 0.3) is 0 Å². The largest absolute Gasteiger partial charge is 0.479 e. The van der Waals surface area contributed by atoms with Gasteiger partial charge in [0, 0.05) is 11.6 Å². The SMILES string of the molecule is CC#CCOc1c(Br)cccc1C=CC(=O)O. The topological polar surface area (TPSA) is 46.5 Å². The van der Waals surface area contributed by atoms with Crippen molar-refractivity contribution in [3.05, 3.63) is 34.3 Å². The van der Waals surface area contributed by atoms with Gasteiger partial charge in [-0.15, -0.1) is 5.92 Å². The van der Waals surface area contributed by atoms with Crippen molar-refractivity contribution in [2.24, 2.45) is 0 Å². The number of carboxylic acid groups (broad SMARTS) is 1. The van der Waals surface area contributed by atoms with E-state index in [1.807, 2.05) is 12.1 Å². The van der Waals surface area contributed by atoms with Crippen LogP contribution in [-0.2, 0) is 4.79 Å². The summed E-state index contributed by atoms with van der Waals surface area (Å²) in [5.41, 5.74) is 0.694. The molecule has 0 aliphatic carbocycles. The Morgan fingerprint density at radius 3 is 3.00 bits per heavy atom. The first kappa shape index (κ1) is 13.3. The summed E-state index contributed by atoms with van der Waals surface area (Å²) in [6, 6.07) is 5.41. The van der Waals surface area contributed by atoms with Gasteiger partial charge in [-0.25, -0.2) is 4.79 Å². The summed E-state index contributed by atoms with van der Waals surface area (Å²) >= 11 is 3.35. The van der Waals surface area contributed by atoms with Crippen molar-refractivity contribution in [3.63, 3.8) is 0 Å². The van der Waals surface area contributed by atoms with Crippen molar-refractivity contribution in [2.75, 3.05) is 6.61 Å². The third kappa shape index (κ3) is 4.33. The van der Waals surface area contributed by atoms with E-state index in [2.05, 4.69) is 27.8 Å². The second kappa shape index (κ2) is 6.77. The molecule has 1 aromatic rings. The number of aliphatic carboxylic acids is 1. The molecule has 1 N–H and O–H groups in total. The van der Waals surface area contributed by atoms with Crippen LogP contribution in [0, 0.1) is 11.8 Å². The Bertz CT molecular complexity index is 495. The van der Waals surface area contributed by atoms with Crippen LogP contribution in [0.25, 0.3) is 6.08 Å². The van der Waals surface area contributed by atoms with Gasteiger partial charge in [0.1, 0.15) is 12.4 Å². The number of carbonyl (C=O) groups is 1. The molecule has 0 unspecified atom stereocenters. The minimum atomic E-state index is -0.996. The van der Waals surface area contributed by atoms with Crippen LogP contribution in [0.15, 0.2) is 28.7 Å². The first-order chi connectivity index (χ1) is 8.15.